The van der Waals surface area contributed by atoms with Gasteiger partial charge in [-0.1, -0.05) is 127 Å². The molecule has 0 atom stereocenters. The zero-order valence-corrected chi connectivity index (χ0v) is 37.4. The molecule has 1 heterocycles. The Morgan fingerprint density at radius 2 is 1.07 bits per heavy atom. The highest BCUT2D eigenvalue weighted by Crippen LogP contribution is 2.32. The van der Waals surface area contributed by atoms with Crippen molar-refractivity contribution in [1.29, 1.82) is 10.5 Å². The van der Waals surface area contributed by atoms with E-state index in [1.54, 1.807) is 6.07 Å². The third-order valence-electron chi connectivity index (χ3n) is 8.98. The molecule has 1 aliphatic heterocycles. The van der Waals surface area contributed by atoms with Crippen LogP contribution < -0.4 is 26.7 Å². The Labute approximate surface area is 367 Å². The fourth-order valence-electron chi connectivity index (χ4n) is 6.59. The molecule has 0 unspecified atom stereocenters. The molecule has 8 nitrogen and oxygen atoms in total. The fraction of sp³-hybridized carbons (Fsp3) is 0.469. The van der Waals surface area contributed by atoms with Crippen molar-refractivity contribution in [2.24, 2.45) is 29.1 Å². The first-order chi connectivity index (χ1) is 26.9. The quantitative estimate of drug-likeness (QED) is 0.107. The molecular weight excluding hydrogens is 795 g/mol. The van der Waals surface area contributed by atoms with Crippen LogP contribution >= 0.6 is 15.9 Å². The van der Waals surface area contributed by atoms with Crippen LogP contribution in [0.25, 0.3) is 11.1 Å². The molecule has 10 heteroatoms. The van der Waals surface area contributed by atoms with E-state index in [0.717, 1.165) is 70.0 Å². The van der Waals surface area contributed by atoms with Crippen LogP contribution in [0, 0.1) is 51.7 Å². The van der Waals surface area contributed by atoms with Crippen molar-refractivity contribution in [1.82, 2.24) is 0 Å². The van der Waals surface area contributed by atoms with Crippen LogP contribution in [-0.2, 0) is 9.31 Å². The lowest BCUT2D eigenvalue weighted by Crippen LogP contribution is -2.47. The van der Waals surface area contributed by atoms with Gasteiger partial charge in [-0.15, -0.1) is 0 Å². The summed E-state index contributed by atoms with van der Waals surface area (Å²) >= 11 is 3.23. The number of nitriles is 2. The van der Waals surface area contributed by atoms with E-state index in [1.165, 1.54) is 0 Å². The van der Waals surface area contributed by atoms with Gasteiger partial charge in [0.1, 0.15) is 6.07 Å². The van der Waals surface area contributed by atoms with Gasteiger partial charge in [0.25, 0.3) is 0 Å². The van der Waals surface area contributed by atoms with Gasteiger partial charge in [-0.3, -0.25) is 0 Å². The Bertz CT molecular complexity index is 1920. The van der Waals surface area contributed by atoms with Gasteiger partial charge in [-0.05, 0) is 98.7 Å². The van der Waals surface area contributed by atoms with Crippen LogP contribution in [0.4, 0.5) is 22.7 Å². The third-order valence-corrected chi connectivity index (χ3v) is 9.67. The number of nitrogens with two attached hydrogens (primary N) is 2. The monoisotopic (exact) mass is 866 g/mol. The molecule has 1 aliphatic rings. The normalized spacial score (nSPS) is 12.9. The third kappa shape index (κ3) is 17.0. The van der Waals surface area contributed by atoms with E-state index in [1.807, 2.05) is 60.7 Å². The Kier molecular flexibility index (Phi) is 22.5. The molecule has 0 radical (unpaired) electrons. The summed E-state index contributed by atoms with van der Waals surface area (Å²) in [5, 5.41) is 17.7. The fourth-order valence-corrected chi connectivity index (χ4v) is 6.97. The maximum atomic E-state index is 9.30. The van der Waals surface area contributed by atoms with Gasteiger partial charge in [0.2, 0.25) is 0 Å². The van der Waals surface area contributed by atoms with Crippen LogP contribution in [-0.4, -0.2) is 46.5 Å². The summed E-state index contributed by atoms with van der Waals surface area (Å²) in [6.45, 7) is 27.5. The molecule has 0 aromatic heterocycles. The first-order valence-corrected chi connectivity index (χ1v) is 20.9. The maximum absolute atomic E-state index is 9.30. The van der Waals surface area contributed by atoms with Crippen LogP contribution in [0.3, 0.4) is 0 Å². The molecule has 0 saturated carbocycles. The first-order valence-electron chi connectivity index (χ1n) is 20.1. The largest absolute Gasteiger partial charge is 0.493 e. The summed E-state index contributed by atoms with van der Waals surface area (Å²) in [5.74, 6) is 2.33. The molecule has 0 amide bonds. The minimum Gasteiger partial charge on any atom is -0.407 e. The SMILES string of the molecule is C.C.CC(C)CN(CC(C)C)c1ccc(-c2ccccc2C#N)cc1N.CC(C)CN(CC(C)C)c1ccc(B2OCC(C)(C)CO2)cc1N.N#Cc1ccccc1Br. The topological polar surface area (TPSA) is 125 Å². The highest BCUT2D eigenvalue weighted by Gasteiger charge is 2.33. The van der Waals surface area contributed by atoms with E-state index in [2.05, 4.69) is 125 Å². The highest BCUT2D eigenvalue weighted by atomic mass is 79.9. The van der Waals surface area contributed by atoms with Crippen molar-refractivity contribution >= 4 is 51.3 Å². The van der Waals surface area contributed by atoms with E-state index in [4.69, 9.17) is 26.0 Å². The second kappa shape index (κ2) is 25.2. The summed E-state index contributed by atoms with van der Waals surface area (Å²) in [7, 11) is -0.307. The lowest BCUT2D eigenvalue weighted by Gasteiger charge is -2.33. The van der Waals surface area contributed by atoms with Crippen LogP contribution in [0.5, 0.6) is 0 Å². The van der Waals surface area contributed by atoms with Crippen molar-refractivity contribution in [3.05, 3.63) is 101 Å². The van der Waals surface area contributed by atoms with E-state index >= 15 is 0 Å². The molecule has 0 bridgehead atoms. The Morgan fingerprint density at radius 1 is 0.644 bits per heavy atom. The standard InChI is InChI=1S/C21H27N3.C19H33BN2O2.C7H4BrN.2CH4/c1-15(2)13-24(14-16(3)4)21-10-9-17(11-20(21)23)19-8-6-5-7-18(19)12-22;1-14(2)10-22(11-15(3)4)18-8-7-16(9-17(18)21)20-23-12-19(5,6)13-24-20;8-7-4-2-1-3-6(7)5-9;;/h5-11,15-16H,13-14,23H2,1-4H3;7-9,14-15H,10-13,21H2,1-6H3;1-4H;2*1H4. The molecule has 320 valence electrons. The summed E-state index contributed by atoms with van der Waals surface area (Å²) in [4.78, 5) is 4.75. The van der Waals surface area contributed by atoms with E-state index in [-0.39, 0.29) is 27.4 Å². The highest BCUT2D eigenvalue weighted by molar-refractivity contribution is 9.10. The molecule has 0 spiro atoms. The molecule has 4 aromatic carbocycles. The van der Waals surface area contributed by atoms with Crippen molar-refractivity contribution < 1.29 is 9.31 Å². The molecule has 1 saturated heterocycles. The zero-order valence-electron chi connectivity index (χ0n) is 35.9. The van der Waals surface area contributed by atoms with Gasteiger partial charge in [-0.2, -0.15) is 10.5 Å². The summed E-state index contributed by atoms with van der Waals surface area (Å²) in [6.07, 6.45) is 0. The van der Waals surface area contributed by atoms with Gasteiger partial charge in [-0.25, -0.2) is 0 Å². The first kappa shape index (κ1) is 52.5. The average molecular weight is 868 g/mol. The number of rotatable bonds is 12. The van der Waals surface area contributed by atoms with E-state index in [9.17, 15) is 5.26 Å². The van der Waals surface area contributed by atoms with E-state index < -0.39 is 0 Å². The van der Waals surface area contributed by atoms with Crippen LogP contribution in [0.15, 0.2) is 89.4 Å². The van der Waals surface area contributed by atoms with Crippen molar-refractivity contribution in [3.63, 3.8) is 0 Å². The van der Waals surface area contributed by atoms with Crippen LogP contribution in [0.2, 0.25) is 0 Å². The lowest BCUT2D eigenvalue weighted by atomic mass is 9.75. The number of nitrogen functional groups attached to an aromatic ring is 2. The molecular formula is C49H72BBrN6O2. The van der Waals surface area contributed by atoms with Crippen LogP contribution in [0.1, 0.15) is 95.2 Å². The van der Waals surface area contributed by atoms with Crippen molar-refractivity contribution in [3.8, 4) is 23.3 Å². The van der Waals surface area contributed by atoms with E-state index in [0.29, 0.717) is 48.0 Å². The average Bonchev–Trinajstić information content (AvgIpc) is 3.14. The smallest absolute Gasteiger partial charge is 0.407 e. The van der Waals surface area contributed by atoms with Gasteiger partial charge >= 0.3 is 7.12 Å². The molecule has 4 aromatic rings. The summed E-state index contributed by atoms with van der Waals surface area (Å²) < 4.78 is 12.6. The van der Waals surface area contributed by atoms with Gasteiger partial charge < -0.3 is 30.6 Å². The van der Waals surface area contributed by atoms with Crippen molar-refractivity contribution in [2.45, 2.75) is 84.1 Å². The van der Waals surface area contributed by atoms with Gasteiger partial charge in [0, 0.05) is 49.3 Å². The number of nitrogens with zero attached hydrogens (tertiary/aromatic N) is 4. The van der Waals surface area contributed by atoms with Gasteiger partial charge in [0.05, 0.1) is 39.9 Å². The Hall–Kier alpha value is -4.48. The summed E-state index contributed by atoms with van der Waals surface area (Å²) in [5.41, 5.74) is 20.9. The molecule has 5 rings (SSSR count). The minimum atomic E-state index is -0.307. The molecule has 4 N–H and O–H groups in total. The second-order valence-electron chi connectivity index (χ2n) is 17.3. The van der Waals surface area contributed by atoms with Crippen molar-refractivity contribution in [2.75, 3.05) is 60.7 Å². The molecule has 1 fully saturated rings. The number of hydrogen-bond acceptors (Lipinski definition) is 8. The maximum Gasteiger partial charge on any atom is 0.493 e. The predicted octanol–water partition coefficient (Wildman–Crippen LogP) is 11.7. The second-order valence-corrected chi connectivity index (χ2v) is 18.2. The predicted molar refractivity (Wildman–Crippen MR) is 259 cm³/mol. The number of anilines is 4. The number of hydrogen-bond donors (Lipinski definition) is 2. The zero-order chi connectivity index (χ0) is 42.3. The number of benzene rings is 4. The molecule has 0 aliphatic carbocycles. The Morgan fingerprint density at radius 3 is 1.47 bits per heavy atom. The lowest BCUT2D eigenvalue weighted by molar-refractivity contribution is 0.0343. The minimum absolute atomic E-state index is 0. The number of halogens is 1. The Balaban J connectivity index is 0.000000475. The summed E-state index contributed by atoms with van der Waals surface area (Å²) in [6, 6.07) is 31.6. The van der Waals surface area contributed by atoms with Gasteiger partial charge in [0.15, 0.2) is 0 Å². The molecule has 59 heavy (non-hydrogen) atoms.